The van der Waals surface area contributed by atoms with E-state index >= 15 is 0 Å². The van der Waals surface area contributed by atoms with Gasteiger partial charge in [-0.05, 0) is 24.6 Å². The van der Waals surface area contributed by atoms with E-state index < -0.39 is 0 Å². The second-order valence-electron chi connectivity index (χ2n) is 6.13. The second kappa shape index (κ2) is 9.02. The SMILES string of the molecule is CCN(CCO)C[C@@H]1CN(C(=O)c2cccc(Cl)c2Cl)C[C@@H]1CO. The van der Waals surface area contributed by atoms with Crippen LogP contribution < -0.4 is 0 Å². The van der Waals surface area contributed by atoms with Gasteiger partial charge in [0.05, 0.1) is 22.2 Å². The number of nitrogens with zero attached hydrogens (tertiary/aromatic N) is 2. The summed E-state index contributed by atoms with van der Waals surface area (Å²) in [5.74, 6) is 0.0386. The number of halogens is 2. The first-order valence-corrected chi connectivity index (χ1v) is 8.94. The molecule has 0 saturated carbocycles. The Labute approximate surface area is 152 Å². The van der Waals surface area contributed by atoms with Gasteiger partial charge in [0.15, 0.2) is 0 Å². The van der Waals surface area contributed by atoms with Crippen LogP contribution in [0.3, 0.4) is 0 Å². The van der Waals surface area contributed by atoms with Gasteiger partial charge in [-0.3, -0.25) is 4.79 Å². The van der Waals surface area contributed by atoms with Gasteiger partial charge < -0.3 is 20.0 Å². The van der Waals surface area contributed by atoms with Crippen molar-refractivity contribution >= 4 is 29.1 Å². The molecule has 1 aliphatic heterocycles. The minimum atomic E-state index is -0.159. The quantitative estimate of drug-likeness (QED) is 0.765. The minimum absolute atomic E-state index is 0.0275. The number of likely N-dealkylation sites (tertiary alicyclic amines) is 1. The molecule has 134 valence electrons. The van der Waals surface area contributed by atoms with Gasteiger partial charge in [-0.25, -0.2) is 0 Å². The third kappa shape index (κ3) is 4.41. The highest BCUT2D eigenvalue weighted by atomic mass is 35.5. The van der Waals surface area contributed by atoms with Crippen LogP contribution in [0.1, 0.15) is 17.3 Å². The van der Waals surface area contributed by atoms with Crippen LogP contribution in [0.25, 0.3) is 0 Å². The van der Waals surface area contributed by atoms with Gasteiger partial charge in [-0.2, -0.15) is 0 Å². The monoisotopic (exact) mass is 374 g/mol. The Morgan fingerprint density at radius 3 is 2.62 bits per heavy atom. The molecule has 0 bridgehead atoms. The molecule has 1 fully saturated rings. The Hall–Kier alpha value is -0.850. The third-order valence-corrected chi connectivity index (χ3v) is 5.46. The topological polar surface area (TPSA) is 64.0 Å². The third-order valence-electron chi connectivity index (χ3n) is 4.64. The number of likely N-dealkylation sites (N-methyl/N-ethyl adjacent to an activating group) is 1. The van der Waals surface area contributed by atoms with E-state index in [2.05, 4.69) is 4.90 Å². The summed E-state index contributed by atoms with van der Waals surface area (Å²) in [6.45, 7) is 5.40. The zero-order valence-corrected chi connectivity index (χ0v) is 15.3. The summed E-state index contributed by atoms with van der Waals surface area (Å²) in [6, 6.07) is 5.03. The van der Waals surface area contributed by atoms with Gasteiger partial charge in [0.2, 0.25) is 0 Å². The molecule has 2 atom stereocenters. The van der Waals surface area contributed by atoms with Gasteiger partial charge >= 0.3 is 0 Å². The number of hydrogen-bond acceptors (Lipinski definition) is 4. The van der Waals surface area contributed by atoms with Crippen LogP contribution in [0, 0.1) is 11.8 Å². The fourth-order valence-corrected chi connectivity index (χ4v) is 3.59. The predicted octanol–water partition coefficient (Wildman–Crippen LogP) is 1.99. The zero-order valence-electron chi connectivity index (χ0n) is 13.8. The smallest absolute Gasteiger partial charge is 0.255 e. The van der Waals surface area contributed by atoms with E-state index in [1.165, 1.54) is 0 Å². The Balaban J connectivity index is 2.10. The number of rotatable bonds is 7. The minimum Gasteiger partial charge on any atom is -0.396 e. The van der Waals surface area contributed by atoms with E-state index in [0.717, 1.165) is 13.1 Å². The lowest BCUT2D eigenvalue weighted by Gasteiger charge is -2.25. The highest BCUT2D eigenvalue weighted by Gasteiger charge is 2.36. The van der Waals surface area contributed by atoms with E-state index in [9.17, 15) is 9.90 Å². The first kappa shape index (κ1) is 19.5. The normalized spacial score (nSPS) is 20.8. The van der Waals surface area contributed by atoms with Crippen LogP contribution in [0.4, 0.5) is 0 Å². The molecule has 1 aromatic carbocycles. The first-order chi connectivity index (χ1) is 11.5. The van der Waals surface area contributed by atoms with Gasteiger partial charge in [0.1, 0.15) is 0 Å². The van der Waals surface area contributed by atoms with Crippen molar-refractivity contribution in [2.75, 3.05) is 45.9 Å². The van der Waals surface area contributed by atoms with E-state index in [1.54, 1.807) is 23.1 Å². The Morgan fingerprint density at radius 2 is 2.00 bits per heavy atom. The van der Waals surface area contributed by atoms with Crippen molar-refractivity contribution in [2.24, 2.45) is 11.8 Å². The van der Waals surface area contributed by atoms with Gasteiger partial charge in [-0.15, -0.1) is 0 Å². The molecule has 5 nitrogen and oxygen atoms in total. The van der Waals surface area contributed by atoms with E-state index in [4.69, 9.17) is 28.3 Å². The molecule has 2 N–H and O–H groups in total. The number of amides is 1. The van der Waals surface area contributed by atoms with Crippen LogP contribution in [0.15, 0.2) is 18.2 Å². The van der Waals surface area contributed by atoms with E-state index in [0.29, 0.717) is 30.2 Å². The van der Waals surface area contributed by atoms with Crippen molar-refractivity contribution in [3.05, 3.63) is 33.8 Å². The number of benzene rings is 1. The molecule has 0 spiro atoms. The van der Waals surface area contributed by atoms with Crippen LogP contribution in [-0.2, 0) is 0 Å². The molecule has 1 amide bonds. The lowest BCUT2D eigenvalue weighted by Crippen LogP contribution is -2.36. The van der Waals surface area contributed by atoms with Gasteiger partial charge in [-0.1, -0.05) is 36.2 Å². The molecule has 1 saturated heterocycles. The Morgan fingerprint density at radius 1 is 1.29 bits per heavy atom. The Bertz CT molecular complexity index is 571. The highest BCUT2D eigenvalue weighted by molar-refractivity contribution is 6.43. The number of carbonyl (C=O) groups is 1. The van der Waals surface area contributed by atoms with Crippen molar-refractivity contribution in [1.82, 2.24) is 9.80 Å². The summed E-state index contributed by atoms with van der Waals surface area (Å²) in [4.78, 5) is 16.6. The molecule has 7 heteroatoms. The molecule has 1 aromatic rings. The maximum absolute atomic E-state index is 12.8. The van der Waals surface area contributed by atoms with Crippen LogP contribution in [0.5, 0.6) is 0 Å². The standard InChI is InChI=1S/C17H24Cl2N2O3/c1-2-20(6-7-22)8-12-9-21(10-13(12)11-23)17(24)14-4-3-5-15(18)16(14)19/h3-5,12-13,22-23H,2,6-11H2,1H3/t12-,13-/m1/s1. The van der Waals surface area contributed by atoms with Gasteiger partial charge in [0, 0.05) is 38.7 Å². The van der Waals surface area contributed by atoms with Crippen molar-refractivity contribution in [3.63, 3.8) is 0 Å². The lowest BCUT2D eigenvalue weighted by molar-refractivity contribution is 0.0778. The van der Waals surface area contributed by atoms with Crippen molar-refractivity contribution in [1.29, 1.82) is 0 Å². The predicted molar refractivity (Wildman–Crippen MR) is 95.6 cm³/mol. The highest BCUT2D eigenvalue weighted by Crippen LogP contribution is 2.30. The zero-order chi connectivity index (χ0) is 17.7. The Kier molecular flexibility index (Phi) is 7.32. The summed E-state index contributed by atoms with van der Waals surface area (Å²) >= 11 is 12.2. The summed E-state index contributed by atoms with van der Waals surface area (Å²) < 4.78 is 0. The average molecular weight is 375 g/mol. The maximum atomic E-state index is 12.8. The van der Waals surface area contributed by atoms with Crippen molar-refractivity contribution in [2.45, 2.75) is 6.92 Å². The summed E-state index contributed by atoms with van der Waals surface area (Å²) in [6.07, 6.45) is 0. The lowest BCUT2D eigenvalue weighted by atomic mass is 9.96. The molecule has 0 aliphatic carbocycles. The molecular formula is C17H24Cl2N2O3. The molecule has 0 aromatic heterocycles. The fraction of sp³-hybridized carbons (Fsp3) is 0.588. The molecule has 0 unspecified atom stereocenters. The largest absolute Gasteiger partial charge is 0.396 e. The van der Waals surface area contributed by atoms with Crippen LogP contribution >= 0.6 is 23.2 Å². The molecular weight excluding hydrogens is 351 g/mol. The van der Waals surface area contributed by atoms with E-state index in [-0.39, 0.29) is 36.0 Å². The average Bonchev–Trinajstić information content (AvgIpc) is 2.99. The number of aliphatic hydroxyl groups is 2. The molecule has 24 heavy (non-hydrogen) atoms. The van der Waals surface area contributed by atoms with E-state index in [1.807, 2.05) is 6.92 Å². The number of hydrogen-bond donors (Lipinski definition) is 2. The van der Waals surface area contributed by atoms with Crippen molar-refractivity contribution in [3.8, 4) is 0 Å². The number of carbonyl (C=O) groups excluding carboxylic acids is 1. The molecule has 1 heterocycles. The number of aliphatic hydroxyl groups excluding tert-OH is 2. The summed E-state index contributed by atoms with van der Waals surface area (Å²) in [5, 5.41) is 19.4. The fourth-order valence-electron chi connectivity index (χ4n) is 3.21. The van der Waals surface area contributed by atoms with Gasteiger partial charge in [0.25, 0.3) is 5.91 Å². The maximum Gasteiger partial charge on any atom is 0.255 e. The molecule has 1 aliphatic rings. The summed E-state index contributed by atoms with van der Waals surface area (Å²) in [5.41, 5.74) is 0.393. The molecule has 0 radical (unpaired) electrons. The van der Waals surface area contributed by atoms with Crippen LogP contribution in [-0.4, -0.2) is 71.9 Å². The first-order valence-electron chi connectivity index (χ1n) is 8.19. The second-order valence-corrected chi connectivity index (χ2v) is 6.92. The molecule has 2 rings (SSSR count). The summed E-state index contributed by atoms with van der Waals surface area (Å²) in [7, 11) is 0. The van der Waals surface area contributed by atoms with Crippen LogP contribution in [0.2, 0.25) is 10.0 Å². The van der Waals surface area contributed by atoms with Crippen molar-refractivity contribution < 1.29 is 15.0 Å².